The van der Waals surface area contributed by atoms with E-state index in [0.29, 0.717) is 0 Å². The Hall–Kier alpha value is 1.40. The molecule has 192 valence electrons. The maximum Gasteiger partial charge on any atom is -0.0215 e. The van der Waals surface area contributed by atoms with Crippen LogP contribution in [0.4, 0.5) is 0 Å². The van der Waals surface area contributed by atoms with Crippen LogP contribution in [0.25, 0.3) is 0 Å². The topological polar surface area (TPSA) is 0 Å². The van der Waals surface area contributed by atoms with Gasteiger partial charge < -0.3 is 0 Å². The highest BCUT2D eigenvalue weighted by Gasteiger charge is 1.36. The van der Waals surface area contributed by atoms with Crippen molar-refractivity contribution in [3.8, 4) is 0 Å². The Kier molecular flexibility index (Phi) is 2050. The van der Waals surface area contributed by atoms with Crippen molar-refractivity contribution in [2.75, 3.05) is 25.0 Å². The molecule has 0 amide bonds. The molecule has 4 heteroatoms. The molecule has 28 heavy (non-hydrogen) atoms. The number of hydrogen-bond acceptors (Lipinski definition) is 4. The molecular formula is C24H72S4. The van der Waals surface area contributed by atoms with Crippen molar-refractivity contribution in [2.24, 2.45) is 0 Å². The minimum absolute atomic E-state index is 1.25. The fraction of sp³-hybridized carbons (Fsp3) is 1.00. The smallest absolute Gasteiger partial charge is 0.0215 e. The lowest BCUT2D eigenvalue weighted by Crippen LogP contribution is -1.27. The lowest BCUT2D eigenvalue weighted by Gasteiger charge is -1.48. The normalized spacial score (nSPS) is 4.29. The molecule has 0 spiro atoms. The van der Waals surface area contributed by atoms with Crippen LogP contribution in [-0.4, -0.2) is 25.0 Å². The maximum atomic E-state index is 3.53. The highest BCUT2D eigenvalue weighted by molar-refractivity contribution is 7.79. The molecule has 0 fully saturated rings. The zero-order valence-corrected chi connectivity index (χ0v) is 28.2. The van der Waals surface area contributed by atoms with Crippen LogP contribution < -0.4 is 0 Å². The largest absolute Gasteiger partial charge is 0.183 e. The molecule has 0 aromatic carbocycles. The fourth-order valence-corrected chi connectivity index (χ4v) is 0. The zero-order valence-electron chi connectivity index (χ0n) is 24.6. The van der Waals surface area contributed by atoms with E-state index in [-0.39, 0.29) is 0 Å². The lowest BCUT2D eigenvalue weighted by atomic mass is 10.6. The standard InChI is InChI=1S/4C3H8.4C2H6.4CH4S/c4*1-3-2;8*1-2/h4*3H2,1-2H3;4*1-2H3;4*2H,1H3. The van der Waals surface area contributed by atoms with Gasteiger partial charge in [0.2, 0.25) is 0 Å². The lowest BCUT2D eigenvalue weighted by molar-refractivity contribution is 1.09. The third kappa shape index (κ3) is 9740. The van der Waals surface area contributed by atoms with Crippen molar-refractivity contribution in [1.29, 1.82) is 0 Å². The monoisotopic (exact) mass is 488 g/mol. The van der Waals surface area contributed by atoms with Gasteiger partial charge in [0.1, 0.15) is 0 Å². The first-order chi connectivity index (χ1) is 13.7. The zero-order chi connectivity index (χ0) is 26.8. The second-order valence-electron chi connectivity index (χ2n) is 2.83. The summed E-state index contributed by atoms with van der Waals surface area (Å²) in [6.45, 7) is 33.0. The molecule has 0 saturated carbocycles. The Balaban J connectivity index is -0.0000000100. The predicted molar refractivity (Wildman–Crippen MR) is 169 cm³/mol. The molecular weight excluding hydrogens is 417 g/mol. The summed E-state index contributed by atoms with van der Waals surface area (Å²) in [5, 5.41) is 0. The van der Waals surface area contributed by atoms with Gasteiger partial charge in [0.15, 0.2) is 0 Å². The SMILES string of the molecule is CC.CC.CC.CC.CCC.CCC.CCC.CCC.CS.CS.CS.CS. The number of hydrogen-bond donors (Lipinski definition) is 4. The van der Waals surface area contributed by atoms with Crippen LogP contribution in [0.15, 0.2) is 0 Å². The van der Waals surface area contributed by atoms with Crippen molar-refractivity contribution in [3.63, 3.8) is 0 Å². The summed E-state index contributed by atoms with van der Waals surface area (Å²) in [6.07, 6.45) is 11.8. The van der Waals surface area contributed by atoms with E-state index in [2.05, 4.69) is 106 Å². The minimum atomic E-state index is 1.25. The molecule has 0 saturated heterocycles. The Morgan fingerprint density at radius 2 is 0.250 bits per heavy atom. The van der Waals surface area contributed by atoms with Crippen molar-refractivity contribution in [3.05, 3.63) is 0 Å². The van der Waals surface area contributed by atoms with Gasteiger partial charge in [-0.05, 0) is 25.0 Å². The second kappa shape index (κ2) is 731. The van der Waals surface area contributed by atoms with E-state index < -0.39 is 0 Å². The van der Waals surface area contributed by atoms with Crippen LogP contribution in [0.2, 0.25) is 0 Å². The first-order valence-corrected chi connectivity index (χ1v) is 15.0. The summed E-state index contributed by atoms with van der Waals surface area (Å²) in [4.78, 5) is 0. The van der Waals surface area contributed by atoms with E-state index in [1.54, 1.807) is 25.0 Å². The molecule has 0 rings (SSSR count). The van der Waals surface area contributed by atoms with Crippen molar-refractivity contribution >= 4 is 50.5 Å². The van der Waals surface area contributed by atoms with Gasteiger partial charge >= 0.3 is 0 Å². The summed E-state index contributed by atoms with van der Waals surface area (Å²) in [5.41, 5.74) is 0. The highest BCUT2D eigenvalue weighted by Crippen LogP contribution is 1.57. The molecule has 0 aliphatic rings. The van der Waals surface area contributed by atoms with Crippen LogP contribution in [0.5, 0.6) is 0 Å². The van der Waals surface area contributed by atoms with Gasteiger partial charge in [-0.2, -0.15) is 50.5 Å². The minimum Gasteiger partial charge on any atom is -0.183 e. The van der Waals surface area contributed by atoms with E-state index in [0.717, 1.165) is 0 Å². The Morgan fingerprint density at radius 3 is 0.250 bits per heavy atom. The third-order valence-electron chi connectivity index (χ3n) is 0. The predicted octanol–water partition coefficient (Wildman–Crippen LogP) is 12.0. The molecule has 0 bridgehead atoms. The summed E-state index contributed by atoms with van der Waals surface area (Å²) in [6, 6.07) is 0. The van der Waals surface area contributed by atoms with Crippen LogP contribution in [-0.2, 0) is 0 Å². The first-order valence-electron chi connectivity index (χ1n) is 11.4. The van der Waals surface area contributed by atoms with E-state index in [9.17, 15) is 0 Å². The van der Waals surface area contributed by atoms with Gasteiger partial charge in [-0.3, -0.25) is 0 Å². The van der Waals surface area contributed by atoms with E-state index in [1.807, 2.05) is 55.4 Å². The van der Waals surface area contributed by atoms with Crippen molar-refractivity contribution in [1.82, 2.24) is 0 Å². The molecule has 0 N–H and O–H groups in total. The van der Waals surface area contributed by atoms with E-state index >= 15 is 0 Å². The Labute approximate surface area is 211 Å². The fourth-order valence-electron chi connectivity index (χ4n) is 0. The van der Waals surface area contributed by atoms with Gasteiger partial charge in [-0.25, -0.2) is 0 Å². The molecule has 0 radical (unpaired) electrons. The molecule has 0 nitrogen and oxygen atoms in total. The third-order valence-corrected chi connectivity index (χ3v) is 0. The molecule has 0 atom stereocenters. The molecule has 0 aliphatic heterocycles. The van der Waals surface area contributed by atoms with Gasteiger partial charge in [0.25, 0.3) is 0 Å². The van der Waals surface area contributed by atoms with Gasteiger partial charge in [-0.1, -0.05) is 136 Å². The molecule has 0 aromatic rings. The van der Waals surface area contributed by atoms with Crippen LogP contribution >= 0.6 is 50.5 Å². The number of rotatable bonds is 0. The summed E-state index contributed by atoms with van der Waals surface area (Å²) >= 11 is 14.1. The van der Waals surface area contributed by atoms with Crippen LogP contribution in [0, 0.1) is 0 Å². The summed E-state index contributed by atoms with van der Waals surface area (Å²) in [7, 11) is 0. The quantitative estimate of drug-likeness (QED) is 0.239. The second-order valence-corrected chi connectivity index (χ2v) is 2.83. The molecule has 0 aromatic heterocycles. The summed E-state index contributed by atoms with van der Waals surface area (Å²) in [5.74, 6) is 0. The average molecular weight is 489 g/mol. The van der Waals surface area contributed by atoms with Gasteiger partial charge in [0, 0.05) is 0 Å². The van der Waals surface area contributed by atoms with Crippen molar-refractivity contribution in [2.45, 2.75) is 136 Å². The number of thiol groups is 4. The van der Waals surface area contributed by atoms with Crippen LogP contribution in [0.1, 0.15) is 136 Å². The van der Waals surface area contributed by atoms with E-state index in [1.165, 1.54) is 25.7 Å². The average Bonchev–Trinajstić information content (AvgIpc) is 2.81. The van der Waals surface area contributed by atoms with Gasteiger partial charge in [0.05, 0.1) is 0 Å². The molecule has 0 heterocycles. The van der Waals surface area contributed by atoms with E-state index in [4.69, 9.17) is 0 Å². The van der Waals surface area contributed by atoms with Crippen LogP contribution in [0.3, 0.4) is 0 Å². The maximum absolute atomic E-state index is 3.53. The van der Waals surface area contributed by atoms with Gasteiger partial charge in [-0.15, -0.1) is 0 Å². The Morgan fingerprint density at radius 1 is 0.250 bits per heavy atom. The first kappa shape index (κ1) is 78.3. The highest BCUT2D eigenvalue weighted by atomic mass is 32.1. The Bertz CT molecular complexity index is 24.6. The molecule has 0 aliphatic carbocycles. The molecule has 0 unspecified atom stereocenters. The van der Waals surface area contributed by atoms with Crippen molar-refractivity contribution < 1.29 is 0 Å². The summed E-state index contributed by atoms with van der Waals surface area (Å²) < 4.78 is 0.